The summed E-state index contributed by atoms with van der Waals surface area (Å²) < 4.78 is 1.87. The maximum absolute atomic E-state index is 13.6. The lowest BCUT2D eigenvalue weighted by molar-refractivity contribution is -0.142. The largest absolute Gasteiger partial charge is 0.342 e. The van der Waals surface area contributed by atoms with Gasteiger partial charge in [0.2, 0.25) is 17.7 Å². The lowest BCUT2D eigenvalue weighted by atomic mass is 9.79. The van der Waals surface area contributed by atoms with Crippen molar-refractivity contribution in [2.75, 3.05) is 39.3 Å². The summed E-state index contributed by atoms with van der Waals surface area (Å²) in [5.74, 6) is 0.239. The van der Waals surface area contributed by atoms with Crippen LogP contribution in [0.5, 0.6) is 0 Å². The molecule has 0 bridgehead atoms. The first-order valence-corrected chi connectivity index (χ1v) is 11.6. The topological polar surface area (TPSA) is 78.8 Å². The Morgan fingerprint density at radius 3 is 2.32 bits per heavy atom. The van der Waals surface area contributed by atoms with E-state index in [2.05, 4.69) is 5.10 Å². The Kier molecular flexibility index (Phi) is 5.83. The molecule has 1 aromatic rings. The van der Waals surface area contributed by atoms with E-state index in [-0.39, 0.29) is 29.6 Å². The predicted molar refractivity (Wildman–Crippen MR) is 116 cm³/mol. The molecule has 2 atom stereocenters. The summed E-state index contributed by atoms with van der Waals surface area (Å²) in [6.07, 6.45) is 2.44. The zero-order chi connectivity index (χ0) is 22.3. The summed E-state index contributed by atoms with van der Waals surface area (Å²) >= 11 is 0. The lowest BCUT2D eigenvalue weighted by Gasteiger charge is -2.32. The predicted octanol–water partition coefficient (Wildman–Crippen LogP) is 1.46. The number of aryl methyl sites for hydroxylation is 3. The number of fused-ring (bicyclic) bond motifs is 1. The van der Waals surface area contributed by atoms with Gasteiger partial charge in [0.25, 0.3) is 0 Å². The van der Waals surface area contributed by atoms with E-state index in [0.29, 0.717) is 39.1 Å². The molecule has 0 aromatic carbocycles. The first-order chi connectivity index (χ1) is 14.7. The Morgan fingerprint density at radius 1 is 1.06 bits per heavy atom. The van der Waals surface area contributed by atoms with Crippen LogP contribution in [0.1, 0.15) is 44.5 Å². The second-order valence-electron chi connectivity index (χ2n) is 9.90. The summed E-state index contributed by atoms with van der Waals surface area (Å²) in [7, 11) is 0. The quantitative estimate of drug-likeness (QED) is 0.710. The van der Waals surface area contributed by atoms with Gasteiger partial charge in [-0.3, -0.25) is 19.1 Å². The zero-order valence-corrected chi connectivity index (χ0v) is 19.3. The second-order valence-corrected chi connectivity index (χ2v) is 9.90. The Morgan fingerprint density at radius 2 is 1.71 bits per heavy atom. The van der Waals surface area contributed by atoms with Crippen LogP contribution in [0.25, 0.3) is 0 Å². The summed E-state index contributed by atoms with van der Waals surface area (Å²) in [4.78, 5) is 45.0. The average molecular weight is 430 g/mol. The highest BCUT2D eigenvalue weighted by atomic mass is 16.2. The Hall–Kier alpha value is -2.38. The summed E-state index contributed by atoms with van der Waals surface area (Å²) in [5.41, 5.74) is 1.35. The number of rotatable bonds is 5. The number of likely N-dealkylation sites (tertiary alicyclic amines) is 3. The molecule has 0 N–H and O–H groups in total. The third-order valence-electron chi connectivity index (χ3n) is 7.23. The van der Waals surface area contributed by atoms with Crippen LogP contribution < -0.4 is 0 Å². The van der Waals surface area contributed by atoms with Gasteiger partial charge in [0.1, 0.15) is 0 Å². The van der Waals surface area contributed by atoms with Crippen LogP contribution in [0, 0.1) is 31.1 Å². The molecule has 1 aromatic heterocycles. The number of carbonyl (C=O) groups excluding carboxylic acids is 3. The molecule has 4 rings (SSSR count). The zero-order valence-electron chi connectivity index (χ0n) is 19.3. The SMILES string of the molecule is Cc1cc(C)n(CCC(=O)N2C[C@@H]3CN(C(=O)C(C)C)C[C@]3(C(=O)N3CCCC3)C2)n1. The second kappa shape index (κ2) is 8.28. The van der Waals surface area contributed by atoms with Gasteiger partial charge in [0.05, 0.1) is 11.1 Å². The minimum Gasteiger partial charge on any atom is -0.342 e. The Balaban J connectivity index is 1.48. The van der Waals surface area contributed by atoms with Gasteiger partial charge in [-0.2, -0.15) is 5.10 Å². The standard InChI is InChI=1S/C23H35N5O3/c1-16(2)21(30)27-13-19-12-26(20(29)7-10-28-18(4)11-17(3)24-28)14-23(19,15-27)22(31)25-8-5-6-9-25/h11,16,19H,5-10,12-15H2,1-4H3/t19-,23-/m1/s1. The van der Waals surface area contributed by atoms with Crippen LogP contribution in [0.3, 0.4) is 0 Å². The van der Waals surface area contributed by atoms with Crippen LogP contribution in [0.4, 0.5) is 0 Å². The maximum atomic E-state index is 13.6. The highest BCUT2D eigenvalue weighted by Crippen LogP contribution is 2.45. The van der Waals surface area contributed by atoms with E-state index in [1.54, 1.807) is 0 Å². The number of hydrogen-bond acceptors (Lipinski definition) is 4. The molecule has 3 saturated heterocycles. The fourth-order valence-corrected chi connectivity index (χ4v) is 5.59. The molecule has 0 unspecified atom stereocenters. The minimum absolute atomic E-state index is 0.0148. The smallest absolute Gasteiger partial charge is 0.232 e. The van der Waals surface area contributed by atoms with Gasteiger partial charge in [0.15, 0.2) is 0 Å². The summed E-state index contributed by atoms with van der Waals surface area (Å²) in [5, 5.41) is 4.45. The van der Waals surface area contributed by atoms with Crippen LogP contribution in [0.15, 0.2) is 6.07 Å². The molecule has 4 heterocycles. The number of nitrogens with zero attached hydrogens (tertiary/aromatic N) is 5. The minimum atomic E-state index is -0.650. The molecule has 0 spiro atoms. The first kappa shape index (κ1) is 21.8. The molecule has 8 heteroatoms. The van der Waals surface area contributed by atoms with Crippen molar-refractivity contribution in [2.24, 2.45) is 17.3 Å². The van der Waals surface area contributed by atoms with Gasteiger partial charge in [-0.05, 0) is 32.8 Å². The molecule has 3 fully saturated rings. The third-order valence-corrected chi connectivity index (χ3v) is 7.23. The highest BCUT2D eigenvalue weighted by molar-refractivity contribution is 5.88. The van der Waals surface area contributed by atoms with Crippen molar-refractivity contribution in [3.8, 4) is 0 Å². The molecule has 170 valence electrons. The molecule has 0 saturated carbocycles. The molecule has 0 radical (unpaired) electrons. The Labute approximate surface area is 184 Å². The third kappa shape index (κ3) is 3.96. The van der Waals surface area contributed by atoms with E-state index < -0.39 is 5.41 Å². The van der Waals surface area contributed by atoms with Crippen molar-refractivity contribution in [2.45, 2.75) is 53.5 Å². The molecule has 0 aliphatic carbocycles. The van der Waals surface area contributed by atoms with E-state index in [1.165, 1.54) is 0 Å². The highest BCUT2D eigenvalue weighted by Gasteiger charge is 2.60. The monoisotopic (exact) mass is 429 g/mol. The van der Waals surface area contributed by atoms with Crippen molar-refractivity contribution in [3.05, 3.63) is 17.5 Å². The van der Waals surface area contributed by atoms with Crippen molar-refractivity contribution >= 4 is 17.7 Å². The first-order valence-electron chi connectivity index (χ1n) is 11.6. The van der Waals surface area contributed by atoms with Gasteiger partial charge in [0, 0.05) is 69.8 Å². The number of aromatic nitrogens is 2. The molecule has 3 aliphatic heterocycles. The molecule has 8 nitrogen and oxygen atoms in total. The van der Waals surface area contributed by atoms with Gasteiger partial charge >= 0.3 is 0 Å². The fraction of sp³-hybridized carbons (Fsp3) is 0.739. The van der Waals surface area contributed by atoms with Crippen molar-refractivity contribution < 1.29 is 14.4 Å². The fourth-order valence-electron chi connectivity index (χ4n) is 5.59. The average Bonchev–Trinajstić information content (AvgIpc) is 3.48. The normalized spacial score (nSPS) is 25.6. The summed E-state index contributed by atoms with van der Waals surface area (Å²) in [6.45, 7) is 11.9. The molecular weight excluding hydrogens is 394 g/mol. The van der Waals surface area contributed by atoms with Crippen molar-refractivity contribution in [3.63, 3.8) is 0 Å². The van der Waals surface area contributed by atoms with Crippen LogP contribution in [-0.4, -0.2) is 81.5 Å². The van der Waals surface area contributed by atoms with Gasteiger partial charge in [-0.25, -0.2) is 0 Å². The molecule has 31 heavy (non-hydrogen) atoms. The van der Waals surface area contributed by atoms with Crippen LogP contribution in [-0.2, 0) is 20.9 Å². The van der Waals surface area contributed by atoms with Gasteiger partial charge < -0.3 is 14.7 Å². The molecule has 3 amide bonds. The molecular formula is C23H35N5O3. The number of amides is 3. The lowest BCUT2D eigenvalue weighted by Crippen LogP contribution is -2.49. The summed E-state index contributed by atoms with van der Waals surface area (Å²) in [6, 6.07) is 2.01. The van der Waals surface area contributed by atoms with Gasteiger partial charge in [-0.1, -0.05) is 13.8 Å². The van der Waals surface area contributed by atoms with E-state index in [0.717, 1.165) is 37.3 Å². The van der Waals surface area contributed by atoms with Crippen LogP contribution in [0.2, 0.25) is 0 Å². The van der Waals surface area contributed by atoms with E-state index in [9.17, 15) is 14.4 Å². The van der Waals surface area contributed by atoms with E-state index in [1.807, 2.05) is 53.1 Å². The van der Waals surface area contributed by atoms with Crippen LogP contribution >= 0.6 is 0 Å². The van der Waals surface area contributed by atoms with Crippen molar-refractivity contribution in [1.82, 2.24) is 24.5 Å². The Bertz CT molecular complexity index is 873. The maximum Gasteiger partial charge on any atom is 0.232 e. The van der Waals surface area contributed by atoms with Gasteiger partial charge in [-0.15, -0.1) is 0 Å². The van der Waals surface area contributed by atoms with Crippen molar-refractivity contribution in [1.29, 1.82) is 0 Å². The molecule has 3 aliphatic rings. The van der Waals surface area contributed by atoms with E-state index >= 15 is 0 Å². The van der Waals surface area contributed by atoms with E-state index in [4.69, 9.17) is 0 Å². The number of hydrogen-bond donors (Lipinski definition) is 0. The number of carbonyl (C=O) groups is 3.